The van der Waals surface area contributed by atoms with Gasteiger partial charge in [0, 0.05) is 13.3 Å². The Bertz CT molecular complexity index is 278. The molecule has 7 nitrogen and oxygen atoms in total. The average molecular weight is 292 g/mol. The van der Waals surface area contributed by atoms with Crippen LogP contribution in [0.1, 0.15) is 40.5 Å². The van der Waals surface area contributed by atoms with Crippen molar-refractivity contribution in [2.24, 2.45) is 0 Å². The van der Waals surface area contributed by atoms with Crippen LogP contribution in [0.15, 0.2) is 0 Å². The molecule has 1 aliphatic rings. The molecule has 20 heavy (non-hydrogen) atoms. The summed E-state index contributed by atoms with van der Waals surface area (Å²) in [7, 11) is 0. The lowest BCUT2D eigenvalue weighted by Crippen LogP contribution is -2.18. The van der Waals surface area contributed by atoms with Crippen LogP contribution in [0.5, 0.6) is 0 Å². The second-order valence-electron chi connectivity index (χ2n) is 3.68. The van der Waals surface area contributed by atoms with E-state index < -0.39 is 12.1 Å². The van der Waals surface area contributed by atoms with Crippen LogP contribution >= 0.6 is 0 Å². The highest BCUT2D eigenvalue weighted by Crippen LogP contribution is 2.01. The number of esters is 3. The normalized spacial score (nSPS) is 13.8. The monoisotopic (exact) mass is 292 g/mol. The number of aliphatic hydroxyl groups excluding tert-OH is 1. The topological polar surface area (TPSA) is 99.1 Å². The molecule has 0 saturated carbocycles. The zero-order valence-corrected chi connectivity index (χ0v) is 12.5. The first-order valence-corrected chi connectivity index (χ1v) is 6.48. The quantitative estimate of drug-likeness (QED) is 0.607. The maximum atomic E-state index is 10.3. The number of hydrogen-bond donors (Lipinski definition) is 1. The van der Waals surface area contributed by atoms with E-state index in [2.05, 4.69) is 14.2 Å². The lowest BCUT2D eigenvalue weighted by Gasteiger charge is -2.01. The fourth-order valence-corrected chi connectivity index (χ4v) is 0.941. The molecule has 1 unspecified atom stereocenters. The Morgan fingerprint density at radius 2 is 1.85 bits per heavy atom. The van der Waals surface area contributed by atoms with Crippen LogP contribution < -0.4 is 0 Å². The van der Waals surface area contributed by atoms with Crippen molar-refractivity contribution >= 4 is 17.9 Å². The van der Waals surface area contributed by atoms with Crippen LogP contribution in [0, 0.1) is 0 Å². The molecule has 0 aromatic rings. The van der Waals surface area contributed by atoms with Crippen LogP contribution in [-0.2, 0) is 28.6 Å². The first kappa shape index (κ1) is 20.7. The van der Waals surface area contributed by atoms with Crippen LogP contribution in [0.25, 0.3) is 0 Å². The Morgan fingerprint density at radius 1 is 1.30 bits per heavy atom. The number of carbonyl (C=O) groups excluding carboxylic acids is 3. The number of hydrogen-bond acceptors (Lipinski definition) is 7. The SMILES string of the molecule is CCOC(=O)C(C)O.CCOC(C)=O.O=C1CCCO1. The van der Waals surface area contributed by atoms with Crippen LogP contribution in [0.3, 0.4) is 0 Å². The molecule has 0 aromatic heterocycles. The summed E-state index contributed by atoms with van der Waals surface area (Å²) in [5.41, 5.74) is 0. The van der Waals surface area contributed by atoms with Crippen molar-refractivity contribution in [3.8, 4) is 0 Å². The summed E-state index contributed by atoms with van der Waals surface area (Å²) in [6.45, 7) is 7.68. The number of cyclic esters (lactones) is 1. The maximum absolute atomic E-state index is 10.3. The van der Waals surface area contributed by atoms with E-state index in [1.165, 1.54) is 13.8 Å². The predicted octanol–water partition coefficient (Wildman–Crippen LogP) is 0.823. The lowest BCUT2D eigenvalue weighted by molar-refractivity contribution is -0.152. The molecule has 0 spiro atoms. The molecule has 1 rings (SSSR count). The Hall–Kier alpha value is -1.63. The average Bonchev–Trinajstić information content (AvgIpc) is 2.82. The third kappa shape index (κ3) is 16.4. The van der Waals surface area contributed by atoms with Crippen molar-refractivity contribution in [3.63, 3.8) is 0 Å². The second-order valence-corrected chi connectivity index (χ2v) is 3.68. The van der Waals surface area contributed by atoms with Crippen molar-refractivity contribution in [3.05, 3.63) is 0 Å². The highest BCUT2D eigenvalue weighted by Gasteiger charge is 2.08. The summed E-state index contributed by atoms with van der Waals surface area (Å²) >= 11 is 0. The van der Waals surface area contributed by atoms with Gasteiger partial charge in [-0.05, 0) is 27.2 Å². The molecule has 7 heteroatoms. The minimum atomic E-state index is -0.991. The Kier molecular flexibility index (Phi) is 14.3. The van der Waals surface area contributed by atoms with Gasteiger partial charge in [0.2, 0.25) is 0 Å². The van der Waals surface area contributed by atoms with Gasteiger partial charge in [-0.2, -0.15) is 0 Å². The molecule has 0 bridgehead atoms. The summed E-state index contributed by atoms with van der Waals surface area (Å²) in [6, 6.07) is 0. The zero-order chi connectivity index (χ0) is 16.0. The van der Waals surface area contributed by atoms with Crippen LogP contribution in [0.4, 0.5) is 0 Å². The summed E-state index contributed by atoms with van der Waals surface area (Å²) in [6.07, 6.45) is 0.550. The van der Waals surface area contributed by atoms with Gasteiger partial charge in [-0.1, -0.05) is 0 Å². The van der Waals surface area contributed by atoms with E-state index in [0.717, 1.165) is 6.42 Å². The highest BCUT2D eigenvalue weighted by atomic mass is 16.5. The molecular formula is C13H24O7. The summed E-state index contributed by atoms with van der Waals surface area (Å²) in [5.74, 6) is -0.819. The van der Waals surface area contributed by atoms with Gasteiger partial charge in [0.25, 0.3) is 0 Å². The van der Waals surface area contributed by atoms with E-state index in [9.17, 15) is 14.4 Å². The Labute approximate surface area is 119 Å². The van der Waals surface area contributed by atoms with Crippen molar-refractivity contribution in [1.82, 2.24) is 0 Å². The number of ether oxygens (including phenoxy) is 3. The molecule has 0 amide bonds. The van der Waals surface area contributed by atoms with Gasteiger partial charge in [-0.3, -0.25) is 9.59 Å². The first-order chi connectivity index (χ1) is 9.34. The van der Waals surface area contributed by atoms with Gasteiger partial charge in [0.1, 0.15) is 6.10 Å². The minimum Gasteiger partial charge on any atom is -0.466 e. The van der Waals surface area contributed by atoms with E-state index in [4.69, 9.17) is 5.11 Å². The number of aliphatic hydroxyl groups is 1. The van der Waals surface area contributed by atoms with Crippen molar-refractivity contribution in [1.29, 1.82) is 0 Å². The van der Waals surface area contributed by atoms with Gasteiger partial charge < -0.3 is 19.3 Å². The van der Waals surface area contributed by atoms with Crippen molar-refractivity contribution in [2.45, 2.75) is 46.6 Å². The Morgan fingerprint density at radius 3 is 1.95 bits per heavy atom. The molecule has 1 heterocycles. The van der Waals surface area contributed by atoms with E-state index >= 15 is 0 Å². The smallest absolute Gasteiger partial charge is 0.334 e. The molecule has 1 aliphatic heterocycles. The third-order valence-corrected chi connectivity index (χ3v) is 1.76. The van der Waals surface area contributed by atoms with Crippen molar-refractivity contribution in [2.75, 3.05) is 19.8 Å². The highest BCUT2D eigenvalue weighted by molar-refractivity contribution is 5.73. The predicted molar refractivity (Wildman–Crippen MR) is 70.8 cm³/mol. The van der Waals surface area contributed by atoms with E-state index in [-0.39, 0.29) is 11.9 Å². The largest absolute Gasteiger partial charge is 0.466 e. The molecule has 118 valence electrons. The third-order valence-electron chi connectivity index (χ3n) is 1.76. The van der Waals surface area contributed by atoms with E-state index in [1.54, 1.807) is 13.8 Å². The lowest BCUT2D eigenvalue weighted by atomic mass is 10.4. The first-order valence-electron chi connectivity index (χ1n) is 6.48. The zero-order valence-electron chi connectivity index (χ0n) is 12.5. The van der Waals surface area contributed by atoms with E-state index in [0.29, 0.717) is 26.2 Å². The number of rotatable bonds is 3. The van der Waals surface area contributed by atoms with E-state index in [1.807, 2.05) is 0 Å². The molecule has 1 saturated heterocycles. The summed E-state index contributed by atoms with van der Waals surface area (Å²) < 4.78 is 13.3. The summed E-state index contributed by atoms with van der Waals surface area (Å²) in [5, 5.41) is 8.48. The number of carbonyl (C=O) groups is 3. The maximum Gasteiger partial charge on any atom is 0.334 e. The van der Waals surface area contributed by atoms with Crippen molar-refractivity contribution < 1.29 is 33.7 Å². The van der Waals surface area contributed by atoms with Gasteiger partial charge in [0.15, 0.2) is 0 Å². The van der Waals surface area contributed by atoms with Gasteiger partial charge >= 0.3 is 17.9 Å². The second kappa shape index (κ2) is 13.8. The summed E-state index contributed by atoms with van der Waals surface area (Å²) in [4.78, 5) is 30.1. The molecule has 1 atom stereocenters. The fraction of sp³-hybridized carbons (Fsp3) is 0.769. The van der Waals surface area contributed by atoms with Gasteiger partial charge in [-0.25, -0.2) is 4.79 Å². The molecular weight excluding hydrogens is 268 g/mol. The molecule has 0 aromatic carbocycles. The minimum absolute atomic E-state index is 0.0463. The van der Waals surface area contributed by atoms with Crippen LogP contribution in [-0.4, -0.2) is 48.9 Å². The van der Waals surface area contributed by atoms with Crippen LogP contribution in [0.2, 0.25) is 0 Å². The molecule has 0 radical (unpaired) electrons. The Balaban J connectivity index is 0. The fourth-order valence-electron chi connectivity index (χ4n) is 0.941. The van der Waals surface area contributed by atoms with Gasteiger partial charge in [-0.15, -0.1) is 0 Å². The molecule has 0 aliphatic carbocycles. The standard InChI is InChI=1S/C5H10O3.C4H6O2.C4H8O2/c1-3-8-5(7)4(2)6;5-4-2-1-3-6-4;1-3-6-4(2)5/h4,6H,3H2,1-2H3;1-3H2;3H2,1-2H3. The van der Waals surface area contributed by atoms with Gasteiger partial charge in [0.05, 0.1) is 19.8 Å². The molecule has 1 N–H and O–H groups in total. The molecule has 1 fully saturated rings.